The molecular formula is C14H20N6OS. The Kier molecular flexibility index (Phi) is 4.79. The Hall–Kier alpha value is -1.80. The van der Waals surface area contributed by atoms with Crippen LogP contribution < -0.4 is 5.32 Å². The molecule has 0 saturated heterocycles. The SMILES string of the molecule is CCN1CCc2nc(NC(=O)CCCn3cncn3)sc2C1. The first-order valence-electron chi connectivity index (χ1n) is 7.58. The van der Waals surface area contributed by atoms with Crippen molar-refractivity contribution in [1.82, 2.24) is 24.6 Å². The van der Waals surface area contributed by atoms with Crippen LogP contribution in [0.4, 0.5) is 5.13 Å². The summed E-state index contributed by atoms with van der Waals surface area (Å²) >= 11 is 1.60. The van der Waals surface area contributed by atoms with Crippen molar-refractivity contribution in [2.45, 2.75) is 39.3 Å². The summed E-state index contributed by atoms with van der Waals surface area (Å²) in [5.74, 6) is 0.0126. The summed E-state index contributed by atoms with van der Waals surface area (Å²) in [6.45, 7) is 5.93. The largest absolute Gasteiger partial charge is 0.302 e. The number of rotatable bonds is 6. The Bertz CT molecular complexity index is 623. The fraction of sp³-hybridized carbons (Fsp3) is 0.571. The smallest absolute Gasteiger partial charge is 0.226 e. The third-order valence-corrected chi connectivity index (χ3v) is 4.76. The normalized spacial score (nSPS) is 14.8. The second-order valence-electron chi connectivity index (χ2n) is 5.32. The summed E-state index contributed by atoms with van der Waals surface area (Å²) in [4.78, 5) is 24.1. The van der Waals surface area contributed by atoms with Crippen LogP contribution >= 0.6 is 11.3 Å². The lowest BCUT2D eigenvalue weighted by atomic mass is 10.2. The van der Waals surface area contributed by atoms with Gasteiger partial charge >= 0.3 is 0 Å². The van der Waals surface area contributed by atoms with E-state index in [1.165, 1.54) is 11.2 Å². The number of anilines is 1. The van der Waals surface area contributed by atoms with Gasteiger partial charge in [-0.05, 0) is 13.0 Å². The molecule has 3 rings (SSSR count). The molecule has 0 aromatic carbocycles. The minimum absolute atomic E-state index is 0.0126. The van der Waals surface area contributed by atoms with Gasteiger partial charge in [-0.2, -0.15) is 5.10 Å². The van der Waals surface area contributed by atoms with Crippen molar-refractivity contribution in [3.8, 4) is 0 Å². The highest BCUT2D eigenvalue weighted by atomic mass is 32.1. The highest BCUT2D eigenvalue weighted by Crippen LogP contribution is 2.28. The number of likely N-dealkylation sites (N-methyl/N-ethyl adjacent to an activating group) is 1. The Balaban J connectivity index is 1.48. The molecule has 7 nitrogen and oxygen atoms in total. The first kappa shape index (κ1) is 15.1. The van der Waals surface area contributed by atoms with Crippen molar-refractivity contribution in [2.24, 2.45) is 0 Å². The first-order chi connectivity index (χ1) is 10.7. The van der Waals surface area contributed by atoms with Gasteiger partial charge in [-0.3, -0.25) is 14.4 Å². The number of carbonyl (C=O) groups is 1. The van der Waals surface area contributed by atoms with Crippen molar-refractivity contribution < 1.29 is 4.79 Å². The molecule has 22 heavy (non-hydrogen) atoms. The first-order valence-corrected chi connectivity index (χ1v) is 8.39. The average molecular weight is 320 g/mol. The Morgan fingerprint density at radius 3 is 3.18 bits per heavy atom. The van der Waals surface area contributed by atoms with Gasteiger partial charge in [0.25, 0.3) is 0 Å². The number of nitrogens with one attached hydrogen (secondary N) is 1. The summed E-state index contributed by atoms with van der Waals surface area (Å²) in [5.41, 5.74) is 1.15. The summed E-state index contributed by atoms with van der Waals surface area (Å²) < 4.78 is 1.73. The minimum Gasteiger partial charge on any atom is -0.302 e. The zero-order valence-electron chi connectivity index (χ0n) is 12.7. The predicted octanol–water partition coefficient (Wildman–Crippen LogP) is 1.53. The van der Waals surface area contributed by atoms with E-state index in [9.17, 15) is 4.79 Å². The van der Waals surface area contributed by atoms with E-state index in [0.29, 0.717) is 13.0 Å². The Morgan fingerprint density at radius 1 is 1.50 bits per heavy atom. The van der Waals surface area contributed by atoms with Crippen LogP contribution in [0.2, 0.25) is 0 Å². The fourth-order valence-corrected chi connectivity index (χ4v) is 3.57. The van der Waals surface area contributed by atoms with E-state index in [4.69, 9.17) is 0 Å². The van der Waals surface area contributed by atoms with Crippen molar-refractivity contribution in [3.63, 3.8) is 0 Å². The topological polar surface area (TPSA) is 75.9 Å². The molecule has 1 aliphatic rings. The average Bonchev–Trinajstić information content (AvgIpc) is 3.15. The van der Waals surface area contributed by atoms with Crippen LogP contribution in [0.25, 0.3) is 0 Å². The van der Waals surface area contributed by atoms with E-state index in [-0.39, 0.29) is 5.91 Å². The van der Waals surface area contributed by atoms with Crippen molar-refractivity contribution in [1.29, 1.82) is 0 Å². The third-order valence-electron chi connectivity index (χ3n) is 3.76. The molecule has 3 heterocycles. The van der Waals surface area contributed by atoms with E-state index in [1.54, 1.807) is 22.3 Å². The Morgan fingerprint density at radius 2 is 2.41 bits per heavy atom. The van der Waals surface area contributed by atoms with Crippen molar-refractivity contribution in [3.05, 3.63) is 23.2 Å². The van der Waals surface area contributed by atoms with Gasteiger partial charge in [0.1, 0.15) is 12.7 Å². The van der Waals surface area contributed by atoms with Gasteiger partial charge in [-0.25, -0.2) is 9.97 Å². The van der Waals surface area contributed by atoms with Crippen LogP contribution in [-0.4, -0.2) is 43.6 Å². The zero-order chi connectivity index (χ0) is 15.4. The van der Waals surface area contributed by atoms with Crippen LogP contribution in [0.3, 0.4) is 0 Å². The summed E-state index contributed by atoms with van der Waals surface area (Å²) in [6, 6.07) is 0. The van der Waals surface area contributed by atoms with Crippen molar-refractivity contribution >= 4 is 22.4 Å². The van der Waals surface area contributed by atoms with Gasteiger partial charge in [0.15, 0.2) is 5.13 Å². The second kappa shape index (κ2) is 6.97. The maximum Gasteiger partial charge on any atom is 0.226 e. The molecule has 0 bridgehead atoms. The number of amides is 1. The van der Waals surface area contributed by atoms with Gasteiger partial charge in [0.2, 0.25) is 5.91 Å². The molecule has 0 fully saturated rings. The second-order valence-corrected chi connectivity index (χ2v) is 6.40. The number of hydrogen-bond donors (Lipinski definition) is 1. The summed E-state index contributed by atoms with van der Waals surface area (Å²) in [5, 5.41) is 7.66. The third kappa shape index (κ3) is 3.69. The minimum atomic E-state index is 0.0126. The molecule has 118 valence electrons. The molecule has 2 aromatic rings. The molecule has 0 atom stereocenters. The van der Waals surface area contributed by atoms with E-state index < -0.39 is 0 Å². The molecule has 1 aliphatic heterocycles. The number of fused-ring (bicyclic) bond motifs is 1. The molecule has 2 aromatic heterocycles. The zero-order valence-corrected chi connectivity index (χ0v) is 13.5. The van der Waals surface area contributed by atoms with Gasteiger partial charge in [0.05, 0.1) is 5.69 Å². The lowest BCUT2D eigenvalue weighted by Gasteiger charge is -2.23. The lowest BCUT2D eigenvalue weighted by molar-refractivity contribution is -0.116. The number of aryl methyl sites for hydroxylation is 1. The van der Waals surface area contributed by atoms with Crippen molar-refractivity contribution in [2.75, 3.05) is 18.4 Å². The maximum atomic E-state index is 12.0. The standard InChI is InChI=1S/C14H20N6OS/c1-2-19-7-5-11-12(8-19)22-14(17-11)18-13(21)4-3-6-20-10-15-9-16-20/h9-10H,2-8H2,1H3,(H,17,18,21). The monoisotopic (exact) mass is 320 g/mol. The highest BCUT2D eigenvalue weighted by molar-refractivity contribution is 7.15. The van der Waals surface area contributed by atoms with E-state index in [1.807, 2.05) is 0 Å². The van der Waals surface area contributed by atoms with E-state index >= 15 is 0 Å². The van der Waals surface area contributed by atoms with Crippen LogP contribution in [0.5, 0.6) is 0 Å². The Labute approximate surface area is 133 Å². The lowest BCUT2D eigenvalue weighted by Crippen LogP contribution is -2.29. The van der Waals surface area contributed by atoms with E-state index in [2.05, 4.69) is 32.2 Å². The molecule has 0 radical (unpaired) electrons. The molecule has 0 aliphatic carbocycles. The number of hydrogen-bond acceptors (Lipinski definition) is 6. The highest BCUT2D eigenvalue weighted by Gasteiger charge is 2.20. The van der Waals surface area contributed by atoms with Crippen LogP contribution in [0.1, 0.15) is 30.3 Å². The van der Waals surface area contributed by atoms with Crippen LogP contribution in [0, 0.1) is 0 Å². The fourth-order valence-electron chi connectivity index (χ4n) is 2.50. The summed E-state index contributed by atoms with van der Waals surface area (Å²) in [6.07, 6.45) is 5.34. The number of nitrogens with zero attached hydrogens (tertiary/aromatic N) is 5. The molecule has 0 saturated carbocycles. The molecular weight excluding hydrogens is 300 g/mol. The quantitative estimate of drug-likeness (QED) is 0.873. The molecule has 0 unspecified atom stereocenters. The molecule has 0 spiro atoms. The molecule has 8 heteroatoms. The predicted molar refractivity (Wildman–Crippen MR) is 84.7 cm³/mol. The van der Waals surface area contributed by atoms with Gasteiger partial charge in [0, 0.05) is 37.4 Å². The number of carbonyl (C=O) groups excluding carboxylic acids is 1. The maximum absolute atomic E-state index is 12.0. The van der Waals surface area contributed by atoms with Gasteiger partial charge in [-0.1, -0.05) is 6.92 Å². The van der Waals surface area contributed by atoms with Crippen LogP contribution in [-0.2, 0) is 24.3 Å². The molecule has 1 amide bonds. The molecule has 1 N–H and O–H groups in total. The number of thiazole rings is 1. The van der Waals surface area contributed by atoms with Gasteiger partial charge < -0.3 is 5.32 Å². The van der Waals surface area contributed by atoms with Crippen LogP contribution in [0.15, 0.2) is 12.7 Å². The number of aromatic nitrogens is 4. The summed E-state index contributed by atoms with van der Waals surface area (Å²) in [7, 11) is 0. The van der Waals surface area contributed by atoms with E-state index in [0.717, 1.165) is 43.3 Å². The van der Waals surface area contributed by atoms with Gasteiger partial charge in [-0.15, -0.1) is 11.3 Å².